The molecule has 0 aliphatic carbocycles. The van der Waals surface area contributed by atoms with E-state index >= 15 is 0 Å². The predicted molar refractivity (Wildman–Crippen MR) is 230 cm³/mol. The molecule has 0 fully saturated rings. The van der Waals surface area contributed by atoms with Gasteiger partial charge in [0.25, 0.3) is 11.8 Å². The van der Waals surface area contributed by atoms with E-state index in [1.54, 1.807) is 62.4 Å². The van der Waals surface area contributed by atoms with Gasteiger partial charge in [0.05, 0.1) is 31.3 Å². The summed E-state index contributed by atoms with van der Waals surface area (Å²) in [5.41, 5.74) is 0.977. The van der Waals surface area contributed by atoms with E-state index in [4.69, 9.17) is 1.37 Å². The van der Waals surface area contributed by atoms with Crippen LogP contribution in [0.3, 0.4) is 0 Å². The monoisotopic (exact) mass is 897 g/mol. The van der Waals surface area contributed by atoms with Crippen molar-refractivity contribution < 1.29 is 42.5 Å². The fourth-order valence-electron chi connectivity index (χ4n) is 7.35. The molecule has 336 valence electrons. The highest BCUT2D eigenvalue weighted by Crippen LogP contribution is 2.30. The molecule has 65 heavy (non-hydrogen) atoms. The first-order valence-corrected chi connectivity index (χ1v) is 19.8. The quantitative estimate of drug-likeness (QED) is 0.181. The number of nitrogens with one attached hydrogen (secondary N) is 3. The zero-order valence-corrected chi connectivity index (χ0v) is 35.0. The molecule has 2 aliphatic heterocycles. The van der Waals surface area contributed by atoms with Crippen LogP contribution in [0.5, 0.6) is 0 Å². The van der Waals surface area contributed by atoms with Crippen molar-refractivity contribution in [1.82, 2.24) is 30.2 Å². The van der Waals surface area contributed by atoms with Gasteiger partial charge in [0.1, 0.15) is 35.4 Å². The van der Waals surface area contributed by atoms with E-state index in [-0.39, 0.29) is 48.4 Å². The van der Waals surface area contributed by atoms with E-state index in [0.717, 1.165) is 11.0 Å². The fraction of sp³-hybridized carbons (Fsp3) is 0.217. The maximum Gasteiger partial charge on any atom is 0.276 e. The number of hydrogen-bond donors (Lipinski definition) is 3. The molecule has 0 radical (unpaired) electrons. The van der Waals surface area contributed by atoms with Crippen molar-refractivity contribution >= 4 is 35.0 Å². The Labute approximate surface area is 369 Å². The van der Waals surface area contributed by atoms with E-state index in [9.17, 15) is 50.7 Å². The minimum absolute atomic E-state index is 0.0203. The van der Waals surface area contributed by atoms with E-state index in [1.165, 1.54) is 34.6 Å². The molecule has 2 aromatic heterocycles. The molecule has 0 saturated heterocycles. The second-order valence-electron chi connectivity index (χ2n) is 14.8. The van der Waals surface area contributed by atoms with Gasteiger partial charge >= 0.3 is 0 Å². The largest absolute Gasteiger partial charge is 0.339 e. The predicted octanol–water partition coefficient (Wildman–Crippen LogP) is 5.61. The number of alkyl halides is 1. The second kappa shape index (κ2) is 20.1. The minimum atomic E-state index is -1.05. The van der Waals surface area contributed by atoms with E-state index in [2.05, 4.69) is 26.1 Å². The van der Waals surface area contributed by atoms with Crippen LogP contribution in [0.25, 0.3) is 11.4 Å². The number of likely N-dealkylation sites (N-methyl/N-ethyl adjacent to an activating group) is 1. The number of hydrogen-bond acceptors (Lipinski definition) is 8. The standard InChI is InChI=1S/C23H20F2N4O3.C22H18F2N4O3.CH3F/c1-13-10-19(30)20(27-29(13)16-6-4-3-5-7-16)22(31)26-18-9-8-14-11-15(24)12-17(25)21(14)28(2)23(18)32;1-12-9-18(29)20(27-28(12)15-5-3-2-4-6-15)22(31)25-17-8-7-13-10-14(23)11-16(24)19(13)26-21(17)30;1-2/h3-7,10-12,18H,8-9H2,1-2H3,(H,26,31);2-6,9-11,17H,7-8H2,1H3,(H,25,31)(H,26,30);1H3/i;;1D. The lowest BCUT2D eigenvalue weighted by molar-refractivity contribution is -0.120. The SMILES string of the molecule is Cc1cc(=O)c(C(=O)NC2CCc3cc(F)cc(F)c3N(C)C2=O)nn1-c1ccccc1.Cc1cc(=O)c(C(=O)NC2CCc3cc(F)cc(F)c3NC2=O)nn1-c1ccccc1.[2H]CF. The summed E-state index contributed by atoms with van der Waals surface area (Å²) in [5, 5.41) is 15.8. The molecule has 2 atom stereocenters. The summed E-state index contributed by atoms with van der Waals surface area (Å²) >= 11 is 0. The number of para-hydroxylation sites is 2. The molecular formula is C46H41F5N8O6. The van der Waals surface area contributed by atoms with Crippen LogP contribution < -0.4 is 31.7 Å². The third kappa shape index (κ3) is 10.4. The van der Waals surface area contributed by atoms with Gasteiger partial charge in [0.2, 0.25) is 22.7 Å². The van der Waals surface area contributed by atoms with E-state index in [1.807, 2.05) is 12.1 Å². The fourth-order valence-corrected chi connectivity index (χ4v) is 7.35. The highest BCUT2D eigenvalue weighted by Gasteiger charge is 2.33. The summed E-state index contributed by atoms with van der Waals surface area (Å²) in [4.78, 5) is 77.0. The molecule has 4 heterocycles. The molecule has 8 rings (SSSR count). The van der Waals surface area contributed by atoms with Crippen LogP contribution in [0.15, 0.2) is 107 Å². The van der Waals surface area contributed by atoms with E-state index in [0.29, 0.717) is 46.0 Å². The smallest absolute Gasteiger partial charge is 0.276 e. The zero-order valence-electron chi connectivity index (χ0n) is 36.0. The molecule has 2 unspecified atom stereocenters. The van der Waals surface area contributed by atoms with Gasteiger partial charge in [0, 0.05) is 42.7 Å². The van der Waals surface area contributed by atoms with Gasteiger partial charge in [-0.25, -0.2) is 26.9 Å². The third-order valence-corrected chi connectivity index (χ3v) is 10.4. The van der Waals surface area contributed by atoms with Crippen LogP contribution in [-0.2, 0) is 22.4 Å². The van der Waals surface area contributed by atoms with Gasteiger partial charge in [-0.1, -0.05) is 36.4 Å². The molecule has 4 amide bonds. The van der Waals surface area contributed by atoms with Gasteiger partial charge in [-0.2, -0.15) is 10.2 Å². The number of amides is 4. The van der Waals surface area contributed by atoms with Crippen molar-refractivity contribution in [3.05, 3.63) is 175 Å². The Morgan fingerprint density at radius 3 is 1.65 bits per heavy atom. The van der Waals surface area contributed by atoms with Crippen molar-refractivity contribution in [3.8, 4) is 11.4 Å². The van der Waals surface area contributed by atoms with Gasteiger partial charge in [0.15, 0.2) is 11.4 Å². The van der Waals surface area contributed by atoms with E-state index < -0.39 is 77.0 Å². The molecule has 2 aliphatic rings. The number of rotatable bonds is 6. The number of carbonyl (C=O) groups is 4. The van der Waals surface area contributed by atoms with Crippen molar-refractivity contribution in [2.75, 3.05) is 24.4 Å². The van der Waals surface area contributed by atoms with Crippen LogP contribution in [0, 0.1) is 37.1 Å². The third-order valence-electron chi connectivity index (χ3n) is 10.4. The number of nitrogens with zero attached hydrogens (tertiary/aromatic N) is 5. The number of carbonyl (C=O) groups excluding carboxylic acids is 4. The van der Waals surface area contributed by atoms with Crippen LogP contribution in [0.4, 0.5) is 33.3 Å². The molecule has 14 nitrogen and oxygen atoms in total. The van der Waals surface area contributed by atoms with Crippen molar-refractivity contribution in [2.24, 2.45) is 0 Å². The van der Waals surface area contributed by atoms with Crippen LogP contribution in [0.2, 0.25) is 0 Å². The molecule has 6 aromatic rings. The van der Waals surface area contributed by atoms with Crippen LogP contribution in [-0.4, -0.2) is 69.5 Å². The topological polar surface area (TPSA) is 177 Å². The van der Waals surface area contributed by atoms with Gasteiger partial charge in [-0.15, -0.1) is 0 Å². The Morgan fingerprint density at radius 1 is 0.677 bits per heavy atom. The number of fused-ring (bicyclic) bond motifs is 2. The molecule has 19 heteroatoms. The summed E-state index contributed by atoms with van der Waals surface area (Å²) in [6.07, 6.45) is 0.541. The molecule has 0 bridgehead atoms. The number of halogens is 5. The number of benzene rings is 4. The van der Waals surface area contributed by atoms with Gasteiger partial charge in [-0.05, 0) is 87.1 Å². The van der Waals surface area contributed by atoms with Gasteiger partial charge < -0.3 is 20.9 Å². The Hall–Kier alpha value is -7.83. The first-order valence-electron chi connectivity index (χ1n) is 20.6. The number of aromatic nitrogens is 4. The van der Waals surface area contributed by atoms with Crippen LogP contribution >= 0.6 is 0 Å². The van der Waals surface area contributed by atoms with Crippen molar-refractivity contribution in [3.63, 3.8) is 0 Å². The molecule has 4 aromatic carbocycles. The normalized spacial score (nSPS) is 15.5. The number of anilines is 2. The first kappa shape index (κ1) is 45.2. The maximum atomic E-state index is 14.3. The highest BCUT2D eigenvalue weighted by atomic mass is 19.1. The Kier molecular flexibility index (Phi) is 14.0. The average molecular weight is 898 g/mol. The summed E-state index contributed by atoms with van der Waals surface area (Å²) < 4.78 is 73.9. The Morgan fingerprint density at radius 2 is 1.12 bits per heavy atom. The summed E-state index contributed by atoms with van der Waals surface area (Å²) in [5.74, 6) is -6.11. The molecule has 3 N–H and O–H groups in total. The Balaban J connectivity index is 0.000000206. The highest BCUT2D eigenvalue weighted by molar-refractivity contribution is 6.03. The Bertz CT molecular complexity index is 2940. The maximum absolute atomic E-state index is 14.3. The summed E-state index contributed by atoms with van der Waals surface area (Å²) in [7, 11) is 0.360. The zero-order chi connectivity index (χ0) is 47.8. The average Bonchev–Trinajstić information content (AvgIpc) is 3.50. The van der Waals surface area contributed by atoms with Crippen molar-refractivity contribution in [2.45, 2.75) is 51.6 Å². The molecule has 0 saturated carbocycles. The summed E-state index contributed by atoms with van der Waals surface area (Å²) in [6, 6.07) is 22.2. The minimum Gasteiger partial charge on any atom is -0.339 e. The van der Waals surface area contributed by atoms with Gasteiger partial charge in [-0.3, -0.25) is 33.2 Å². The second-order valence-corrected chi connectivity index (χ2v) is 14.8. The first-order chi connectivity index (χ1) is 31.5. The molecule has 0 spiro atoms. The summed E-state index contributed by atoms with van der Waals surface area (Å²) in [6.45, 7) is 3.38. The lowest BCUT2D eigenvalue weighted by Crippen LogP contribution is -2.48. The lowest BCUT2D eigenvalue weighted by Gasteiger charge is -2.22. The molecular weight excluding hydrogens is 856 g/mol. The number of aryl methyl sites for hydroxylation is 4. The van der Waals surface area contributed by atoms with Crippen LogP contribution in [0.1, 0.15) is 57.7 Å². The lowest BCUT2D eigenvalue weighted by atomic mass is 10.1. The van der Waals surface area contributed by atoms with Crippen molar-refractivity contribution in [1.29, 1.82) is 0 Å².